The van der Waals surface area contributed by atoms with Gasteiger partial charge in [0.05, 0.1) is 10.4 Å². The van der Waals surface area contributed by atoms with Crippen LogP contribution in [0.3, 0.4) is 0 Å². The molecule has 1 aliphatic heterocycles. The van der Waals surface area contributed by atoms with Gasteiger partial charge in [-0.15, -0.1) is 10.2 Å². The zero-order chi connectivity index (χ0) is 21.1. The Hall–Kier alpha value is -2.46. The first-order valence-electron chi connectivity index (χ1n) is 10.3. The topological polar surface area (TPSA) is 103 Å². The molecule has 160 valence electrons. The summed E-state index contributed by atoms with van der Waals surface area (Å²) in [5, 5.41) is 8.45. The first-order valence-corrected chi connectivity index (χ1v) is 11.8. The fourth-order valence-corrected chi connectivity index (χ4v) is 6.82. The number of fused-ring (bicyclic) bond motifs is 1. The Bertz CT molecular complexity index is 1270. The molecule has 30 heavy (non-hydrogen) atoms. The summed E-state index contributed by atoms with van der Waals surface area (Å²) in [5.74, 6) is 0.391. The second kappa shape index (κ2) is 6.78. The summed E-state index contributed by atoms with van der Waals surface area (Å²) in [5.41, 5.74) is 0.748. The van der Waals surface area contributed by atoms with Crippen molar-refractivity contribution < 1.29 is 12.8 Å². The van der Waals surface area contributed by atoms with Gasteiger partial charge in [0.15, 0.2) is 5.58 Å². The zero-order valence-electron chi connectivity index (χ0n) is 17.1. The van der Waals surface area contributed by atoms with Crippen LogP contribution >= 0.6 is 0 Å². The first kappa shape index (κ1) is 19.5. The highest BCUT2D eigenvalue weighted by Crippen LogP contribution is 2.54. The SMILES string of the molecule is CCn1cnnc1C1CN(S(=O)(=O)c2ccc3c(c2)oc(=O)n3C)CC12CCCC2. The Morgan fingerprint density at radius 2 is 2.03 bits per heavy atom. The van der Waals surface area contributed by atoms with Gasteiger partial charge >= 0.3 is 5.76 Å². The predicted octanol–water partition coefficient (Wildman–Crippen LogP) is 2.09. The molecule has 3 aromatic rings. The molecule has 1 unspecified atom stereocenters. The lowest BCUT2D eigenvalue weighted by molar-refractivity contribution is 0.272. The van der Waals surface area contributed by atoms with E-state index < -0.39 is 15.8 Å². The molecule has 5 rings (SSSR count). The molecule has 1 aliphatic carbocycles. The van der Waals surface area contributed by atoms with Crippen LogP contribution in [-0.2, 0) is 23.6 Å². The third-order valence-electron chi connectivity index (χ3n) is 6.92. The van der Waals surface area contributed by atoms with Crippen LogP contribution in [-0.4, -0.2) is 45.1 Å². The van der Waals surface area contributed by atoms with Crippen molar-refractivity contribution >= 4 is 21.1 Å². The number of benzene rings is 1. The Labute approximate surface area is 174 Å². The molecule has 0 amide bonds. The Morgan fingerprint density at radius 1 is 1.27 bits per heavy atom. The zero-order valence-corrected chi connectivity index (χ0v) is 17.9. The van der Waals surface area contributed by atoms with Crippen LogP contribution in [0.2, 0.25) is 0 Å². The van der Waals surface area contributed by atoms with E-state index in [-0.39, 0.29) is 21.8 Å². The van der Waals surface area contributed by atoms with E-state index in [2.05, 4.69) is 10.2 Å². The van der Waals surface area contributed by atoms with Crippen LogP contribution < -0.4 is 5.76 Å². The number of hydrogen-bond acceptors (Lipinski definition) is 6. The monoisotopic (exact) mass is 431 g/mol. The second-order valence-electron chi connectivity index (χ2n) is 8.45. The van der Waals surface area contributed by atoms with Crippen LogP contribution in [0.25, 0.3) is 11.1 Å². The van der Waals surface area contributed by atoms with Crippen LogP contribution in [0.1, 0.15) is 44.3 Å². The molecule has 1 saturated heterocycles. The number of hydrogen-bond donors (Lipinski definition) is 0. The third-order valence-corrected chi connectivity index (χ3v) is 8.72. The minimum absolute atomic E-state index is 0.0237. The molecule has 1 saturated carbocycles. The average Bonchev–Trinajstić information content (AvgIpc) is 3.50. The lowest BCUT2D eigenvalue weighted by Crippen LogP contribution is -2.31. The fraction of sp³-hybridized carbons (Fsp3) is 0.550. The van der Waals surface area contributed by atoms with Gasteiger partial charge in [0.2, 0.25) is 10.0 Å². The van der Waals surface area contributed by atoms with E-state index in [1.165, 1.54) is 10.6 Å². The Kier molecular flexibility index (Phi) is 4.41. The van der Waals surface area contributed by atoms with E-state index in [1.807, 2.05) is 11.5 Å². The van der Waals surface area contributed by atoms with Crippen molar-refractivity contribution in [2.75, 3.05) is 13.1 Å². The van der Waals surface area contributed by atoms with E-state index in [1.54, 1.807) is 29.8 Å². The summed E-state index contributed by atoms with van der Waals surface area (Å²) in [7, 11) is -2.14. The van der Waals surface area contributed by atoms with Gasteiger partial charge in [0, 0.05) is 38.7 Å². The maximum atomic E-state index is 13.5. The van der Waals surface area contributed by atoms with Gasteiger partial charge in [0.25, 0.3) is 0 Å². The van der Waals surface area contributed by atoms with Crippen molar-refractivity contribution in [1.82, 2.24) is 23.6 Å². The molecule has 2 aliphatic rings. The number of rotatable bonds is 4. The first-order chi connectivity index (χ1) is 14.4. The number of nitrogens with zero attached hydrogens (tertiary/aromatic N) is 5. The van der Waals surface area contributed by atoms with E-state index >= 15 is 0 Å². The van der Waals surface area contributed by atoms with Gasteiger partial charge in [-0.25, -0.2) is 13.2 Å². The summed E-state index contributed by atoms with van der Waals surface area (Å²) in [4.78, 5) is 11.9. The normalized spacial score (nSPS) is 21.9. The second-order valence-corrected chi connectivity index (χ2v) is 10.4. The van der Waals surface area contributed by atoms with Gasteiger partial charge in [-0.3, -0.25) is 4.57 Å². The molecular formula is C20H25N5O4S. The highest BCUT2D eigenvalue weighted by molar-refractivity contribution is 7.89. The summed E-state index contributed by atoms with van der Waals surface area (Å²) < 4.78 is 37.2. The van der Waals surface area contributed by atoms with E-state index in [0.717, 1.165) is 38.1 Å². The lowest BCUT2D eigenvalue weighted by atomic mass is 9.76. The summed E-state index contributed by atoms with van der Waals surface area (Å²) in [6, 6.07) is 4.63. The smallest absolute Gasteiger partial charge is 0.408 e. The standard InChI is InChI=1S/C20H25N5O4S/c1-3-24-13-21-22-18(24)15-11-25(12-20(15)8-4-5-9-20)30(27,28)14-6-7-16-17(10-14)29-19(26)23(16)2/h6-7,10,13,15H,3-5,8-9,11-12H2,1-2H3. The van der Waals surface area contributed by atoms with E-state index in [0.29, 0.717) is 18.6 Å². The van der Waals surface area contributed by atoms with Crippen LogP contribution in [0, 0.1) is 5.41 Å². The third kappa shape index (κ3) is 2.77. The van der Waals surface area contributed by atoms with E-state index in [4.69, 9.17) is 4.42 Å². The highest BCUT2D eigenvalue weighted by atomic mass is 32.2. The van der Waals surface area contributed by atoms with Gasteiger partial charge in [-0.2, -0.15) is 4.31 Å². The maximum absolute atomic E-state index is 13.5. The number of sulfonamides is 1. The molecule has 3 heterocycles. The molecule has 0 radical (unpaired) electrons. The van der Waals surface area contributed by atoms with Crippen LogP contribution in [0.4, 0.5) is 0 Å². The molecule has 2 aromatic heterocycles. The van der Waals surface area contributed by atoms with Gasteiger partial charge in [-0.05, 0) is 37.3 Å². The van der Waals surface area contributed by atoms with Gasteiger partial charge in [-0.1, -0.05) is 12.8 Å². The molecule has 0 N–H and O–H groups in total. The molecule has 1 aromatic carbocycles. The lowest BCUT2D eigenvalue weighted by Gasteiger charge is -2.29. The minimum Gasteiger partial charge on any atom is -0.408 e. The fourth-order valence-electron chi connectivity index (χ4n) is 5.25. The molecular weight excluding hydrogens is 406 g/mol. The summed E-state index contributed by atoms with van der Waals surface area (Å²) >= 11 is 0. The predicted molar refractivity (Wildman–Crippen MR) is 110 cm³/mol. The largest absolute Gasteiger partial charge is 0.419 e. The Morgan fingerprint density at radius 3 is 2.77 bits per heavy atom. The summed E-state index contributed by atoms with van der Waals surface area (Å²) in [6.45, 7) is 3.66. The molecule has 9 nitrogen and oxygen atoms in total. The Balaban J connectivity index is 1.54. The van der Waals surface area contributed by atoms with E-state index in [9.17, 15) is 13.2 Å². The van der Waals surface area contributed by atoms with Gasteiger partial charge < -0.3 is 8.98 Å². The molecule has 10 heteroatoms. The van der Waals surface area contributed by atoms with Crippen molar-refractivity contribution in [3.63, 3.8) is 0 Å². The number of aromatic nitrogens is 4. The number of aryl methyl sites for hydroxylation is 2. The van der Waals surface area contributed by atoms with Gasteiger partial charge in [0.1, 0.15) is 12.2 Å². The molecule has 0 bridgehead atoms. The molecule has 2 fully saturated rings. The van der Waals surface area contributed by atoms with Crippen molar-refractivity contribution in [2.45, 2.75) is 50.0 Å². The van der Waals surface area contributed by atoms with Crippen molar-refractivity contribution in [3.8, 4) is 0 Å². The quantitative estimate of drug-likeness (QED) is 0.627. The maximum Gasteiger partial charge on any atom is 0.419 e. The minimum atomic E-state index is -3.74. The average molecular weight is 432 g/mol. The van der Waals surface area contributed by atoms with Crippen molar-refractivity contribution in [2.24, 2.45) is 12.5 Å². The van der Waals surface area contributed by atoms with Crippen LogP contribution in [0.15, 0.2) is 38.6 Å². The molecule has 1 spiro atoms. The highest BCUT2D eigenvalue weighted by Gasteiger charge is 2.53. The summed E-state index contributed by atoms with van der Waals surface area (Å²) in [6.07, 6.45) is 5.91. The van der Waals surface area contributed by atoms with Crippen LogP contribution in [0.5, 0.6) is 0 Å². The van der Waals surface area contributed by atoms with Crippen molar-refractivity contribution in [3.05, 3.63) is 40.9 Å². The van der Waals surface area contributed by atoms with Crippen molar-refractivity contribution in [1.29, 1.82) is 0 Å². The number of oxazole rings is 1. The molecule has 1 atom stereocenters.